The van der Waals surface area contributed by atoms with E-state index in [4.69, 9.17) is 13.9 Å². The molecule has 37 heavy (non-hydrogen) atoms. The second-order valence-electron chi connectivity index (χ2n) is 8.81. The van der Waals surface area contributed by atoms with Gasteiger partial charge in [-0.25, -0.2) is 4.39 Å². The van der Waals surface area contributed by atoms with Crippen molar-refractivity contribution in [3.63, 3.8) is 0 Å². The largest absolute Gasteiger partial charge is 0.497 e. The van der Waals surface area contributed by atoms with Crippen LogP contribution in [0.3, 0.4) is 0 Å². The normalized spacial score (nSPS) is 16.9. The van der Waals surface area contributed by atoms with Crippen LogP contribution in [0.2, 0.25) is 0 Å². The van der Waals surface area contributed by atoms with Crippen LogP contribution >= 0.6 is 0 Å². The molecule has 2 aromatic carbocycles. The number of amides is 2. The maximum atomic E-state index is 14.0. The number of anilines is 1. The fourth-order valence-corrected chi connectivity index (χ4v) is 4.45. The first-order valence-corrected chi connectivity index (χ1v) is 11.5. The fraction of sp³-hybridized carbons (Fsp3) is 0.222. The first kappa shape index (κ1) is 24.1. The number of rotatable bonds is 7. The maximum absolute atomic E-state index is 14.0. The van der Waals surface area contributed by atoms with E-state index in [1.165, 1.54) is 42.2 Å². The Hall–Kier alpha value is -4.60. The number of ether oxygens (including phenoxy) is 2. The van der Waals surface area contributed by atoms with E-state index >= 15 is 0 Å². The van der Waals surface area contributed by atoms with E-state index in [2.05, 4.69) is 10.4 Å². The van der Waals surface area contributed by atoms with Gasteiger partial charge < -0.3 is 19.2 Å². The molecule has 0 fully saturated rings. The Bertz CT molecular complexity index is 1450. The lowest BCUT2D eigenvalue weighted by Gasteiger charge is -2.43. The Morgan fingerprint density at radius 1 is 1.14 bits per heavy atom. The number of hydrogen-bond acceptors (Lipinski definition) is 6. The van der Waals surface area contributed by atoms with Crippen LogP contribution in [0.15, 0.2) is 71.3 Å². The molecule has 0 aliphatic carbocycles. The lowest BCUT2D eigenvalue weighted by Crippen LogP contribution is -2.64. The van der Waals surface area contributed by atoms with Gasteiger partial charge in [0.1, 0.15) is 34.2 Å². The highest BCUT2D eigenvalue weighted by Crippen LogP contribution is 2.40. The first-order chi connectivity index (χ1) is 17.8. The second-order valence-corrected chi connectivity index (χ2v) is 8.81. The highest BCUT2D eigenvalue weighted by molar-refractivity contribution is 6.12. The molecule has 5 rings (SSSR count). The zero-order chi connectivity index (χ0) is 26.2. The monoisotopic (exact) mass is 504 g/mol. The van der Waals surface area contributed by atoms with E-state index in [-0.39, 0.29) is 18.9 Å². The molecule has 0 saturated heterocycles. The minimum atomic E-state index is -1.39. The summed E-state index contributed by atoms with van der Waals surface area (Å²) in [5.74, 6) is 0.201. The molecule has 3 heterocycles. The number of nitrogens with zero attached hydrogens (tertiary/aromatic N) is 3. The summed E-state index contributed by atoms with van der Waals surface area (Å²) in [4.78, 5) is 29.2. The standard InChI is InChI=1S/C27H25FN4O5/c1-27(26(34)29-15-17-6-8-18(28)9-7-17)16-31-22(14-20(30-31)23-5-4-12-37-23)25(33)32(27)21-11-10-19(35-2)13-24(21)36-3/h4-14H,15-16H2,1-3H3,(H,29,34). The average Bonchev–Trinajstić information content (AvgIpc) is 3.58. The summed E-state index contributed by atoms with van der Waals surface area (Å²) < 4.78 is 31.2. The minimum Gasteiger partial charge on any atom is -0.497 e. The van der Waals surface area contributed by atoms with Gasteiger partial charge in [0.2, 0.25) is 5.91 Å². The molecule has 1 aliphatic rings. The zero-order valence-corrected chi connectivity index (χ0v) is 20.5. The summed E-state index contributed by atoms with van der Waals surface area (Å²) in [6.45, 7) is 1.89. The van der Waals surface area contributed by atoms with Gasteiger partial charge in [-0.15, -0.1) is 0 Å². The van der Waals surface area contributed by atoms with Gasteiger partial charge in [0.15, 0.2) is 5.76 Å². The van der Waals surface area contributed by atoms with Gasteiger partial charge in [0.25, 0.3) is 5.91 Å². The second kappa shape index (κ2) is 9.45. The van der Waals surface area contributed by atoms with Crippen molar-refractivity contribution in [3.8, 4) is 23.0 Å². The number of aromatic nitrogens is 2. The van der Waals surface area contributed by atoms with Crippen LogP contribution in [-0.2, 0) is 17.9 Å². The number of methoxy groups -OCH3 is 2. The molecule has 2 aromatic heterocycles. The van der Waals surface area contributed by atoms with Crippen LogP contribution in [0.1, 0.15) is 23.0 Å². The van der Waals surface area contributed by atoms with Gasteiger partial charge in [-0.3, -0.25) is 19.2 Å². The number of carbonyl (C=O) groups excluding carboxylic acids is 2. The Morgan fingerprint density at radius 2 is 1.92 bits per heavy atom. The predicted octanol–water partition coefficient (Wildman–Crippen LogP) is 4.03. The topological polar surface area (TPSA) is 98.8 Å². The zero-order valence-electron chi connectivity index (χ0n) is 20.5. The first-order valence-electron chi connectivity index (χ1n) is 11.5. The predicted molar refractivity (Wildman–Crippen MR) is 133 cm³/mol. The van der Waals surface area contributed by atoms with Gasteiger partial charge in [-0.05, 0) is 48.9 Å². The Morgan fingerprint density at radius 3 is 2.59 bits per heavy atom. The van der Waals surface area contributed by atoms with E-state index in [1.807, 2.05) is 0 Å². The molecule has 0 spiro atoms. The van der Waals surface area contributed by atoms with Crippen molar-refractivity contribution >= 4 is 17.5 Å². The molecule has 1 atom stereocenters. The molecule has 1 aliphatic heterocycles. The molecule has 4 aromatic rings. The van der Waals surface area contributed by atoms with E-state index in [9.17, 15) is 14.0 Å². The fourth-order valence-electron chi connectivity index (χ4n) is 4.45. The Kier molecular flexibility index (Phi) is 6.16. The lowest BCUT2D eigenvalue weighted by atomic mass is 9.93. The quantitative estimate of drug-likeness (QED) is 0.408. The third-order valence-corrected chi connectivity index (χ3v) is 6.41. The molecule has 1 N–H and O–H groups in total. The molecule has 10 heteroatoms. The molecule has 1 unspecified atom stereocenters. The number of fused-ring (bicyclic) bond motifs is 1. The third kappa shape index (κ3) is 4.31. The summed E-state index contributed by atoms with van der Waals surface area (Å²) in [5.41, 5.74) is 0.506. The Balaban J connectivity index is 1.57. The molecular weight excluding hydrogens is 479 g/mol. The molecule has 9 nitrogen and oxygen atoms in total. The van der Waals surface area contributed by atoms with E-state index in [1.54, 1.807) is 55.5 Å². The summed E-state index contributed by atoms with van der Waals surface area (Å²) in [7, 11) is 3.01. The van der Waals surface area contributed by atoms with Crippen molar-refractivity contribution in [1.82, 2.24) is 15.1 Å². The van der Waals surface area contributed by atoms with Gasteiger partial charge in [0.05, 0.1) is 32.7 Å². The smallest absolute Gasteiger partial charge is 0.277 e. The molecule has 0 saturated carbocycles. The van der Waals surface area contributed by atoms with Gasteiger partial charge in [0, 0.05) is 18.7 Å². The summed E-state index contributed by atoms with van der Waals surface area (Å²) >= 11 is 0. The average molecular weight is 505 g/mol. The maximum Gasteiger partial charge on any atom is 0.277 e. The molecule has 2 amide bonds. The molecule has 190 valence electrons. The number of benzene rings is 2. The van der Waals surface area contributed by atoms with E-state index in [0.717, 1.165) is 0 Å². The highest BCUT2D eigenvalue weighted by Gasteiger charge is 2.49. The van der Waals surface area contributed by atoms with Crippen molar-refractivity contribution in [2.45, 2.75) is 25.6 Å². The Labute approximate surface area is 212 Å². The van der Waals surface area contributed by atoms with Crippen molar-refractivity contribution in [1.29, 1.82) is 0 Å². The van der Waals surface area contributed by atoms with Gasteiger partial charge >= 0.3 is 0 Å². The van der Waals surface area contributed by atoms with Crippen molar-refractivity contribution in [2.75, 3.05) is 19.1 Å². The van der Waals surface area contributed by atoms with Crippen molar-refractivity contribution in [3.05, 3.63) is 84.0 Å². The van der Waals surface area contributed by atoms with Crippen LogP contribution in [-0.4, -0.2) is 41.4 Å². The van der Waals surface area contributed by atoms with Crippen molar-refractivity contribution < 1.29 is 27.9 Å². The number of hydrogen-bond donors (Lipinski definition) is 1. The van der Waals surface area contributed by atoms with Crippen LogP contribution in [0.25, 0.3) is 11.5 Å². The SMILES string of the molecule is COc1ccc(N2C(=O)c3cc(-c4ccco4)nn3CC2(C)C(=O)NCc2ccc(F)cc2)c(OC)c1. The van der Waals surface area contributed by atoms with Crippen LogP contribution in [0, 0.1) is 5.82 Å². The molecule has 0 radical (unpaired) electrons. The summed E-state index contributed by atoms with van der Waals surface area (Å²) in [6.07, 6.45) is 1.52. The van der Waals surface area contributed by atoms with Gasteiger partial charge in [-0.2, -0.15) is 5.10 Å². The summed E-state index contributed by atoms with van der Waals surface area (Å²) in [5, 5.41) is 7.44. The highest BCUT2D eigenvalue weighted by atomic mass is 19.1. The molecular formula is C27H25FN4O5. The summed E-state index contributed by atoms with van der Waals surface area (Å²) in [6, 6.07) is 16.0. The molecule has 0 bridgehead atoms. The number of carbonyl (C=O) groups is 2. The van der Waals surface area contributed by atoms with Crippen LogP contribution < -0.4 is 19.7 Å². The third-order valence-electron chi connectivity index (χ3n) is 6.41. The number of furan rings is 1. The van der Waals surface area contributed by atoms with Crippen LogP contribution in [0.5, 0.6) is 11.5 Å². The number of halogens is 1. The number of nitrogens with one attached hydrogen (secondary N) is 1. The minimum absolute atomic E-state index is 0.0687. The van der Waals surface area contributed by atoms with E-state index < -0.39 is 17.4 Å². The van der Waals surface area contributed by atoms with Crippen molar-refractivity contribution in [2.24, 2.45) is 0 Å². The van der Waals surface area contributed by atoms with Crippen LogP contribution in [0.4, 0.5) is 10.1 Å². The van der Waals surface area contributed by atoms with E-state index in [0.29, 0.717) is 39.9 Å². The van der Waals surface area contributed by atoms with Gasteiger partial charge in [-0.1, -0.05) is 12.1 Å². The lowest BCUT2D eigenvalue weighted by molar-refractivity contribution is -0.126.